The zero-order valence-electron chi connectivity index (χ0n) is 10.0. The lowest BCUT2D eigenvalue weighted by molar-refractivity contribution is 0.990. The van der Waals surface area contributed by atoms with Crippen LogP contribution in [-0.2, 0) is 6.42 Å². The van der Waals surface area contributed by atoms with E-state index in [2.05, 4.69) is 30.9 Å². The minimum atomic E-state index is 0.438. The lowest BCUT2D eigenvalue weighted by atomic mass is 10.2. The fourth-order valence-electron chi connectivity index (χ4n) is 1.80. The Hall–Kier alpha value is -1.04. The molecule has 0 radical (unpaired) electrons. The summed E-state index contributed by atoms with van der Waals surface area (Å²) in [6.07, 6.45) is 2.58. The zero-order chi connectivity index (χ0) is 13.4. The Morgan fingerprint density at radius 1 is 1.37 bits per heavy atom. The zero-order valence-corrected chi connectivity index (χ0v) is 13.2. The third kappa shape index (κ3) is 2.38. The van der Waals surface area contributed by atoms with Crippen LogP contribution < -0.4 is 0 Å². The van der Waals surface area contributed by atoms with Gasteiger partial charge >= 0.3 is 0 Å². The summed E-state index contributed by atoms with van der Waals surface area (Å²) in [5, 5.41) is 2.46. The molecule has 0 aliphatic heterocycles. The number of halogens is 2. The van der Waals surface area contributed by atoms with Gasteiger partial charge in [0, 0.05) is 11.8 Å². The van der Waals surface area contributed by atoms with Gasteiger partial charge in [-0.2, -0.15) is 0 Å². The summed E-state index contributed by atoms with van der Waals surface area (Å²) in [6, 6.07) is 4.04. The van der Waals surface area contributed by atoms with Crippen LogP contribution in [-0.4, -0.2) is 15.0 Å². The lowest BCUT2D eigenvalue weighted by Crippen LogP contribution is -1.97. The van der Waals surface area contributed by atoms with E-state index < -0.39 is 0 Å². The SMILES string of the molecule is CCc1nc(-c2cnc3ccsc3c2)nc(Cl)c1Br. The molecule has 0 spiro atoms. The van der Waals surface area contributed by atoms with E-state index >= 15 is 0 Å². The first-order valence-electron chi connectivity index (χ1n) is 5.74. The van der Waals surface area contributed by atoms with Crippen LogP contribution in [0.25, 0.3) is 21.6 Å². The van der Waals surface area contributed by atoms with Crippen molar-refractivity contribution in [1.29, 1.82) is 0 Å². The van der Waals surface area contributed by atoms with Crippen LogP contribution in [0.5, 0.6) is 0 Å². The molecule has 0 atom stereocenters. The van der Waals surface area contributed by atoms with Crippen molar-refractivity contribution in [2.45, 2.75) is 13.3 Å². The highest BCUT2D eigenvalue weighted by molar-refractivity contribution is 9.10. The molecule has 3 rings (SSSR count). The van der Waals surface area contributed by atoms with Gasteiger partial charge in [0.1, 0.15) is 5.15 Å². The Bertz CT molecular complexity index is 757. The van der Waals surface area contributed by atoms with E-state index in [0.29, 0.717) is 11.0 Å². The fraction of sp³-hybridized carbons (Fsp3) is 0.154. The van der Waals surface area contributed by atoms with Gasteiger partial charge in [-0.05, 0) is 39.9 Å². The lowest BCUT2D eigenvalue weighted by Gasteiger charge is -2.06. The van der Waals surface area contributed by atoms with Gasteiger partial charge in [-0.1, -0.05) is 18.5 Å². The second kappa shape index (κ2) is 5.15. The van der Waals surface area contributed by atoms with E-state index in [1.54, 1.807) is 17.5 Å². The molecule has 0 aliphatic rings. The second-order valence-electron chi connectivity index (χ2n) is 3.98. The third-order valence-electron chi connectivity index (χ3n) is 2.78. The molecule has 0 unspecified atom stereocenters. The normalized spacial score (nSPS) is 11.1. The molecule has 19 heavy (non-hydrogen) atoms. The van der Waals surface area contributed by atoms with E-state index in [4.69, 9.17) is 11.6 Å². The summed E-state index contributed by atoms with van der Waals surface area (Å²) in [4.78, 5) is 13.3. The van der Waals surface area contributed by atoms with Gasteiger partial charge < -0.3 is 0 Å². The summed E-state index contributed by atoms with van der Waals surface area (Å²) in [7, 11) is 0. The molecular weight excluding hydrogens is 346 g/mol. The Balaban J connectivity index is 2.17. The molecule has 3 aromatic rings. The van der Waals surface area contributed by atoms with Crippen LogP contribution in [0.15, 0.2) is 28.2 Å². The number of rotatable bonds is 2. The van der Waals surface area contributed by atoms with Crippen LogP contribution in [0.1, 0.15) is 12.6 Å². The summed E-state index contributed by atoms with van der Waals surface area (Å²) >= 11 is 11.2. The van der Waals surface area contributed by atoms with Crippen LogP contribution in [0, 0.1) is 0 Å². The number of aryl methyl sites for hydroxylation is 1. The van der Waals surface area contributed by atoms with Crippen molar-refractivity contribution in [2.75, 3.05) is 0 Å². The van der Waals surface area contributed by atoms with Crippen molar-refractivity contribution >= 4 is 49.1 Å². The van der Waals surface area contributed by atoms with Gasteiger partial charge in [-0.25, -0.2) is 9.97 Å². The molecule has 3 nitrogen and oxygen atoms in total. The standard InChI is InChI=1S/C13H9BrClN3S/c1-2-8-11(14)12(15)18-13(17-8)7-5-10-9(16-6-7)3-4-19-10/h3-6H,2H2,1H3. The molecule has 96 valence electrons. The molecule has 0 aliphatic carbocycles. The number of hydrogen-bond donors (Lipinski definition) is 0. The third-order valence-corrected chi connectivity index (χ3v) is 4.96. The van der Waals surface area contributed by atoms with E-state index in [0.717, 1.165) is 32.4 Å². The molecular formula is C13H9BrClN3S. The van der Waals surface area contributed by atoms with Gasteiger partial charge in [0.25, 0.3) is 0 Å². The summed E-state index contributed by atoms with van der Waals surface area (Å²) in [6.45, 7) is 2.04. The fourth-order valence-corrected chi connectivity index (χ4v) is 3.22. The molecule has 0 bridgehead atoms. The molecule has 0 N–H and O–H groups in total. The van der Waals surface area contributed by atoms with Crippen molar-refractivity contribution in [3.63, 3.8) is 0 Å². The predicted octanol–water partition coefficient (Wildman–Crippen LogP) is 4.73. The molecule has 6 heteroatoms. The Morgan fingerprint density at radius 3 is 3.00 bits per heavy atom. The van der Waals surface area contributed by atoms with Gasteiger partial charge in [-0.3, -0.25) is 4.98 Å². The quantitative estimate of drug-likeness (QED) is 0.624. The van der Waals surface area contributed by atoms with E-state index in [1.807, 2.05) is 24.4 Å². The molecule has 0 amide bonds. The van der Waals surface area contributed by atoms with Gasteiger partial charge in [0.05, 0.1) is 20.4 Å². The van der Waals surface area contributed by atoms with E-state index in [1.165, 1.54) is 0 Å². The van der Waals surface area contributed by atoms with Crippen molar-refractivity contribution in [3.8, 4) is 11.4 Å². The summed E-state index contributed by atoms with van der Waals surface area (Å²) < 4.78 is 1.89. The Labute approximate surface area is 127 Å². The van der Waals surface area contributed by atoms with Gasteiger partial charge in [0.15, 0.2) is 5.82 Å². The van der Waals surface area contributed by atoms with Crippen molar-refractivity contribution < 1.29 is 0 Å². The maximum Gasteiger partial charge on any atom is 0.162 e. The smallest absolute Gasteiger partial charge is 0.162 e. The summed E-state index contributed by atoms with van der Waals surface area (Å²) in [5.74, 6) is 0.618. The molecule has 0 saturated carbocycles. The highest BCUT2D eigenvalue weighted by atomic mass is 79.9. The first kappa shape index (κ1) is 13.0. The highest BCUT2D eigenvalue weighted by Gasteiger charge is 2.11. The van der Waals surface area contributed by atoms with Crippen LogP contribution >= 0.6 is 38.9 Å². The largest absolute Gasteiger partial charge is 0.255 e. The van der Waals surface area contributed by atoms with Crippen molar-refractivity contribution in [1.82, 2.24) is 15.0 Å². The number of thiophene rings is 1. The van der Waals surface area contributed by atoms with Crippen molar-refractivity contribution in [2.24, 2.45) is 0 Å². The maximum absolute atomic E-state index is 6.13. The monoisotopic (exact) mass is 353 g/mol. The first-order valence-corrected chi connectivity index (χ1v) is 7.79. The molecule has 0 aromatic carbocycles. The summed E-state index contributed by atoms with van der Waals surface area (Å²) in [5.41, 5.74) is 2.79. The van der Waals surface area contributed by atoms with E-state index in [9.17, 15) is 0 Å². The predicted molar refractivity (Wildman–Crippen MR) is 82.7 cm³/mol. The Kier molecular flexibility index (Phi) is 3.52. The van der Waals surface area contributed by atoms with Crippen LogP contribution in [0.3, 0.4) is 0 Å². The second-order valence-corrected chi connectivity index (χ2v) is 6.08. The van der Waals surface area contributed by atoms with Gasteiger partial charge in [-0.15, -0.1) is 11.3 Å². The minimum Gasteiger partial charge on any atom is -0.255 e. The van der Waals surface area contributed by atoms with E-state index in [-0.39, 0.29) is 0 Å². The van der Waals surface area contributed by atoms with Crippen LogP contribution in [0.4, 0.5) is 0 Å². The van der Waals surface area contributed by atoms with Crippen molar-refractivity contribution in [3.05, 3.63) is 39.0 Å². The number of hydrogen-bond acceptors (Lipinski definition) is 4. The molecule has 3 heterocycles. The molecule has 0 fully saturated rings. The van der Waals surface area contributed by atoms with Crippen LogP contribution in [0.2, 0.25) is 5.15 Å². The Morgan fingerprint density at radius 2 is 2.21 bits per heavy atom. The number of fused-ring (bicyclic) bond motifs is 1. The minimum absolute atomic E-state index is 0.438. The number of pyridine rings is 1. The topological polar surface area (TPSA) is 38.7 Å². The molecule has 0 saturated heterocycles. The average Bonchev–Trinajstić information content (AvgIpc) is 2.89. The average molecular weight is 355 g/mol. The molecule has 3 aromatic heterocycles. The maximum atomic E-state index is 6.13. The van der Waals surface area contributed by atoms with Gasteiger partial charge in [0.2, 0.25) is 0 Å². The highest BCUT2D eigenvalue weighted by Crippen LogP contribution is 2.29. The first-order chi connectivity index (χ1) is 9.19. The number of nitrogens with zero attached hydrogens (tertiary/aromatic N) is 3. The number of aromatic nitrogens is 3.